The van der Waals surface area contributed by atoms with Crippen molar-refractivity contribution in [3.63, 3.8) is 0 Å². The van der Waals surface area contributed by atoms with E-state index >= 15 is 0 Å². The highest BCUT2D eigenvalue weighted by atomic mass is 16.5. The summed E-state index contributed by atoms with van der Waals surface area (Å²) in [6.07, 6.45) is 7.01. The maximum absolute atomic E-state index is 12.5. The number of aromatic nitrogens is 1. The molecule has 1 aliphatic heterocycles. The molecule has 132 valence electrons. The van der Waals surface area contributed by atoms with E-state index in [1.807, 2.05) is 4.90 Å². The zero-order valence-corrected chi connectivity index (χ0v) is 14.7. The van der Waals surface area contributed by atoms with E-state index in [-0.39, 0.29) is 17.7 Å². The van der Waals surface area contributed by atoms with Gasteiger partial charge in [-0.3, -0.25) is 9.59 Å². The van der Waals surface area contributed by atoms with Crippen LogP contribution in [0.4, 0.5) is 0 Å². The van der Waals surface area contributed by atoms with Crippen LogP contribution < -0.4 is 0 Å². The Morgan fingerprint density at radius 3 is 2.88 bits per heavy atom. The Morgan fingerprint density at radius 2 is 2.17 bits per heavy atom. The van der Waals surface area contributed by atoms with Gasteiger partial charge in [0.25, 0.3) is 5.91 Å². The molecule has 0 N–H and O–H groups in total. The minimum Gasteiger partial charge on any atom is -0.361 e. The second-order valence-corrected chi connectivity index (χ2v) is 7.17. The van der Waals surface area contributed by atoms with Crippen LogP contribution in [-0.2, 0) is 11.2 Å². The van der Waals surface area contributed by atoms with Crippen molar-refractivity contribution < 1.29 is 14.1 Å². The van der Waals surface area contributed by atoms with Crippen molar-refractivity contribution in [3.05, 3.63) is 17.5 Å². The van der Waals surface area contributed by atoms with E-state index in [1.54, 1.807) is 18.0 Å². The number of likely N-dealkylation sites (tertiary alicyclic amines) is 1. The highest BCUT2D eigenvalue weighted by molar-refractivity contribution is 5.92. The van der Waals surface area contributed by atoms with Crippen molar-refractivity contribution in [1.29, 1.82) is 0 Å². The molecule has 2 heterocycles. The lowest BCUT2D eigenvalue weighted by Gasteiger charge is -2.25. The third-order valence-corrected chi connectivity index (χ3v) is 5.16. The van der Waals surface area contributed by atoms with Gasteiger partial charge >= 0.3 is 0 Å². The van der Waals surface area contributed by atoms with Gasteiger partial charge in [0.2, 0.25) is 5.91 Å². The van der Waals surface area contributed by atoms with E-state index in [0.29, 0.717) is 24.7 Å². The van der Waals surface area contributed by atoms with Gasteiger partial charge in [0.05, 0.1) is 0 Å². The van der Waals surface area contributed by atoms with E-state index in [2.05, 4.69) is 12.1 Å². The van der Waals surface area contributed by atoms with Crippen LogP contribution in [0.3, 0.4) is 0 Å². The van der Waals surface area contributed by atoms with Crippen LogP contribution in [0.25, 0.3) is 0 Å². The zero-order chi connectivity index (χ0) is 17.1. The van der Waals surface area contributed by atoms with Crippen molar-refractivity contribution in [3.8, 4) is 0 Å². The molecular formula is C18H27N3O3. The molecule has 24 heavy (non-hydrogen) atoms. The van der Waals surface area contributed by atoms with Gasteiger partial charge in [-0.2, -0.15) is 0 Å². The zero-order valence-electron chi connectivity index (χ0n) is 14.7. The molecule has 2 fully saturated rings. The molecule has 1 aromatic heterocycles. The summed E-state index contributed by atoms with van der Waals surface area (Å²) in [5, 5.41) is 3.88. The molecule has 1 aromatic rings. The van der Waals surface area contributed by atoms with Crippen molar-refractivity contribution in [2.24, 2.45) is 5.92 Å². The van der Waals surface area contributed by atoms with Crippen molar-refractivity contribution in [2.45, 2.75) is 57.9 Å². The quantitative estimate of drug-likeness (QED) is 0.802. The first-order chi connectivity index (χ1) is 11.6. The van der Waals surface area contributed by atoms with E-state index in [9.17, 15) is 9.59 Å². The summed E-state index contributed by atoms with van der Waals surface area (Å²) >= 11 is 0. The Bertz CT molecular complexity index is 592. The molecular weight excluding hydrogens is 306 g/mol. The fourth-order valence-corrected chi connectivity index (χ4v) is 3.94. The first kappa shape index (κ1) is 17.0. The van der Waals surface area contributed by atoms with E-state index in [4.69, 9.17) is 4.52 Å². The van der Waals surface area contributed by atoms with Gasteiger partial charge in [-0.05, 0) is 19.3 Å². The monoisotopic (exact) mass is 333 g/mol. The molecule has 0 bridgehead atoms. The fourth-order valence-electron chi connectivity index (χ4n) is 3.94. The summed E-state index contributed by atoms with van der Waals surface area (Å²) in [7, 11) is 1.78. The summed E-state index contributed by atoms with van der Waals surface area (Å²) in [5.74, 6) is 1.08. The van der Waals surface area contributed by atoms with Gasteiger partial charge in [-0.25, -0.2) is 0 Å². The number of aryl methyl sites for hydroxylation is 1. The van der Waals surface area contributed by atoms with E-state index < -0.39 is 0 Å². The molecule has 1 saturated carbocycles. The lowest BCUT2D eigenvalue weighted by atomic mass is 10.1. The number of carbonyl (C=O) groups excluding carboxylic acids is 2. The molecule has 2 amide bonds. The van der Waals surface area contributed by atoms with Crippen LogP contribution >= 0.6 is 0 Å². The van der Waals surface area contributed by atoms with Crippen molar-refractivity contribution >= 4 is 11.8 Å². The molecule has 6 nitrogen and oxygen atoms in total. The van der Waals surface area contributed by atoms with Gasteiger partial charge < -0.3 is 14.3 Å². The third kappa shape index (κ3) is 3.62. The minimum atomic E-state index is -0.132. The molecule has 2 aliphatic rings. The normalized spacial score (nSPS) is 21.7. The van der Waals surface area contributed by atoms with Gasteiger partial charge in [0, 0.05) is 51.0 Å². The Kier molecular flexibility index (Phi) is 5.21. The maximum atomic E-state index is 12.5. The van der Waals surface area contributed by atoms with Crippen LogP contribution in [0, 0.1) is 5.92 Å². The lowest BCUT2D eigenvalue weighted by Crippen LogP contribution is -2.36. The Morgan fingerprint density at radius 1 is 1.42 bits per heavy atom. The predicted molar refractivity (Wildman–Crippen MR) is 89.5 cm³/mol. The number of amides is 2. The Hall–Kier alpha value is -1.85. The van der Waals surface area contributed by atoms with Gasteiger partial charge in [-0.15, -0.1) is 0 Å². The SMILES string of the molecule is CCCc1cc(C(=O)N(C)CC2CC(=O)N(C3CCCC3)C2)no1. The lowest BCUT2D eigenvalue weighted by molar-refractivity contribution is -0.129. The molecule has 1 aliphatic carbocycles. The van der Waals surface area contributed by atoms with Crippen molar-refractivity contribution in [2.75, 3.05) is 20.1 Å². The van der Waals surface area contributed by atoms with Crippen LogP contribution in [0.1, 0.15) is 61.7 Å². The first-order valence-corrected chi connectivity index (χ1v) is 9.09. The standard InChI is InChI=1S/C18H27N3O3/c1-3-6-15-10-16(19-24-15)18(23)20(2)11-13-9-17(22)21(12-13)14-7-4-5-8-14/h10,13-14H,3-9,11-12H2,1-2H3. The molecule has 3 rings (SSSR count). The predicted octanol–water partition coefficient (Wildman–Crippen LogP) is 2.49. The number of nitrogens with zero attached hydrogens (tertiary/aromatic N) is 3. The van der Waals surface area contributed by atoms with E-state index in [0.717, 1.165) is 38.0 Å². The summed E-state index contributed by atoms with van der Waals surface area (Å²) in [6.45, 7) is 3.42. The average molecular weight is 333 g/mol. The van der Waals surface area contributed by atoms with Crippen LogP contribution in [0.5, 0.6) is 0 Å². The topological polar surface area (TPSA) is 66.7 Å². The Labute approximate surface area is 143 Å². The maximum Gasteiger partial charge on any atom is 0.275 e. The molecule has 0 aromatic carbocycles. The first-order valence-electron chi connectivity index (χ1n) is 9.09. The second kappa shape index (κ2) is 7.36. The molecule has 0 spiro atoms. The number of carbonyl (C=O) groups is 2. The van der Waals surface area contributed by atoms with Crippen LogP contribution in [0.15, 0.2) is 10.6 Å². The van der Waals surface area contributed by atoms with Crippen LogP contribution in [-0.4, -0.2) is 52.9 Å². The van der Waals surface area contributed by atoms with Gasteiger partial charge in [0.1, 0.15) is 5.76 Å². The summed E-state index contributed by atoms with van der Waals surface area (Å²) in [4.78, 5) is 28.5. The largest absolute Gasteiger partial charge is 0.361 e. The number of hydrogen-bond donors (Lipinski definition) is 0. The van der Waals surface area contributed by atoms with E-state index in [1.165, 1.54) is 12.8 Å². The highest BCUT2D eigenvalue weighted by Gasteiger charge is 2.36. The third-order valence-electron chi connectivity index (χ3n) is 5.16. The fraction of sp³-hybridized carbons (Fsp3) is 0.722. The Balaban J connectivity index is 1.55. The van der Waals surface area contributed by atoms with Gasteiger partial charge in [-0.1, -0.05) is 24.9 Å². The van der Waals surface area contributed by atoms with Crippen molar-refractivity contribution in [1.82, 2.24) is 15.0 Å². The minimum absolute atomic E-state index is 0.132. The van der Waals surface area contributed by atoms with Gasteiger partial charge in [0.15, 0.2) is 5.69 Å². The molecule has 1 atom stereocenters. The number of rotatable bonds is 6. The summed E-state index contributed by atoms with van der Waals surface area (Å²) in [5.41, 5.74) is 0.359. The average Bonchev–Trinajstić information content (AvgIpc) is 3.27. The molecule has 6 heteroatoms. The van der Waals surface area contributed by atoms with Crippen LogP contribution in [0.2, 0.25) is 0 Å². The summed E-state index contributed by atoms with van der Waals surface area (Å²) < 4.78 is 5.19. The summed E-state index contributed by atoms with van der Waals surface area (Å²) in [6, 6.07) is 2.16. The molecule has 1 unspecified atom stereocenters. The smallest absolute Gasteiger partial charge is 0.275 e. The molecule has 1 saturated heterocycles. The second-order valence-electron chi connectivity index (χ2n) is 7.17. The highest BCUT2D eigenvalue weighted by Crippen LogP contribution is 2.29. The molecule has 0 radical (unpaired) electrons. The number of hydrogen-bond acceptors (Lipinski definition) is 4.